The van der Waals surface area contributed by atoms with Crippen molar-refractivity contribution in [3.05, 3.63) is 97.3 Å². The lowest BCUT2D eigenvalue weighted by Gasteiger charge is -2.28. The average molecular weight is 354 g/mol. The first kappa shape index (κ1) is 15.8. The van der Waals surface area contributed by atoms with Gasteiger partial charge in [0.25, 0.3) is 0 Å². The quantitative estimate of drug-likeness (QED) is 0.666. The molecule has 3 aromatic carbocycles. The predicted octanol–water partition coefficient (Wildman–Crippen LogP) is 4.81. The summed E-state index contributed by atoms with van der Waals surface area (Å²) in [5.74, 6) is 0. The fourth-order valence-corrected chi connectivity index (χ4v) is 3.80. The van der Waals surface area contributed by atoms with Gasteiger partial charge in [0.15, 0.2) is 0 Å². The van der Waals surface area contributed by atoms with Gasteiger partial charge in [0, 0.05) is 23.8 Å². The van der Waals surface area contributed by atoms with Crippen LogP contribution in [0.3, 0.4) is 0 Å². The maximum atomic E-state index is 2.43. The van der Waals surface area contributed by atoms with Crippen LogP contribution in [-0.4, -0.2) is 24.9 Å². The second kappa shape index (κ2) is 6.72. The molecular weight excluding hydrogens is 332 g/mol. The molecule has 0 saturated carbocycles. The molecule has 2 aliphatic rings. The molecule has 0 bridgehead atoms. The molecule has 0 saturated heterocycles. The first-order chi connectivity index (χ1) is 13.4. The molecule has 4 heteroatoms. The number of benzene rings is 3. The second-order valence-electron chi connectivity index (χ2n) is 6.91. The predicted molar refractivity (Wildman–Crippen MR) is 112 cm³/mol. The van der Waals surface area contributed by atoms with Gasteiger partial charge in [0.2, 0.25) is 0 Å². The smallest absolute Gasteiger partial charge is 0.0970 e. The lowest BCUT2D eigenvalue weighted by atomic mass is 10.2. The van der Waals surface area contributed by atoms with Crippen molar-refractivity contribution in [1.29, 1.82) is 0 Å². The van der Waals surface area contributed by atoms with Crippen LogP contribution in [0.4, 0.5) is 22.7 Å². The van der Waals surface area contributed by atoms with E-state index in [1.165, 1.54) is 22.7 Å². The summed E-state index contributed by atoms with van der Waals surface area (Å²) in [7, 11) is 0. The van der Waals surface area contributed by atoms with Crippen molar-refractivity contribution in [2.45, 2.75) is 0 Å². The fourth-order valence-electron chi connectivity index (χ4n) is 3.80. The molecule has 2 heterocycles. The van der Waals surface area contributed by atoms with Crippen LogP contribution in [0.5, 0.6) is 0 Å². The maximum absolute atomic E-state index is 2.43. The zero-order chi connectivity index (χ0) is 18.1. The highest BCUT2D eigenvalue weighted by molar-refractivity contribution is 5.82. The monoisotopic (exact) mass is 354 g/mol. The Hall–Kier alpha value is -3.40. The Labute approximate surface area is 160 Å². The summed E-state index contributed by atoms with van der Waals surface area (Å²) in [5, 5.41) is 0. The van der Waals surface area contributed by atoms with Gasteiger partial charge in [-0.1, -0.05) is 48.5 Å². The minimum Gasteiger partial charge on any atom is -0.341 e. The number of hydrogen-bond donors (Lipinski definition) is 0. The summed E-state index contributed by atoms with van der Waals surface area (Å²) in [4.78, 5) is 9.43. The Morgan fingerprint density at radius 2 is 1.22 bits per heavy atom. The highest BCUT2D eigenvalue weighted by Gasteiger charge is 2.28. The van der Waals surface area contributed by atoms with Crippen molar-refractivity contribution < 1.29 is 0 Å². The third kappa shape index (κ3) is 2.99. The van der Waals surface area contributed by atoms with Gasteiger partial charge in [-0.2, -0.15) is 0 Å². The van der Waals surface area contributed by atoms with E-state index in [2.05, 4.69) is 117 Å². The van der Waals surface area contributed by atoms with Crippen molar-refractivity contribution >= 4 is 22.7 Å². The zero-order valence-corrected chi connectivity index (χ0v) is 15.1. The number of fused-ring (bicyclic) bond motifs is 1. The molecule has 0 amide bonds. The molecule has 27 heavy (non-hydrogen) atoms. The van der Waals surface area contributed by atoms with Crippen molar-refractivity contribution in [2.24, 2.45) is 0 Å². The van der Waals surface area contributed by atoms with Crippen LogP contribution in [0.15, 0.2) is 97.3 Å². The molecule has 2 aliphatic heterocycles. The molecule has 134 valence electrons. The summed E-state index contributed by atoms with van der Waals surface area (Å²) in [6.07, 6.45) is 4.34. The Morgan fingerprint density at radius 1 is 0.593 bits per heavy atom. The highest BCUT2D eigenvalue weighted by Crippen LogP contribution is 2.40. The Morgan fingerprint density at radius 3 is 1.96 bits per heavy atom. The lowest BCUT2D eigenvalue weighted by Crippen LogP contribution is -2.38. The molecular formula is C23H22N4. The molecule has 0 radical (unpaired) electrons. The van der Waals surface area contributed by atoms with Gasteiger partial charge >= 0.3 is 0 Å². The van der Waals surface area contributed by atoms with E-state index >= 15 is 0 Å². The van der Waals surface area contributed by atoms with Crippen LogP contribution in [0.25, 0.3) is 0 Å². The molecule has 0 aromatic heterocycles. The van der Waals surface area contributed by atoms with E-state index in [1.807, 2.05) is 0 Å². The van der Waals surface area contributed by atoms with Crippen LogP contribution in [0.2, 0.25) is 0 Å². The number of hydrogen-bond acceptors (Lipinski definition) is 4. The molecule has 0 unspecified atom stereocenters. The number of para-hydroxylation sites is 4. The van der Waals surface area contributed by atoms with Gasteiger partial charge in [0.05, 0.1) is 31.4 Å². The molecule has 0 fully saturated rings. The zero-order valence-electron chi connectivity index (χ0n) is 15.1. The Kier molecular flexibility index (Phi) is 3.94. The molecule has 4 nitrogen and oxygen atoms in total. The van der Waals surface area contributed by atoms with Crippen LogP contribution in [-0.2, 0) is 0 Å². The summed E-state index contributed by atoms with van der Waals surface area (Å²) in [6, 6.07) is 29.8. The third-order valence-corrected chi connectivity index (χ3v) is 5.12. The van der Waals surface area contributed by atoms with E-state index in [0.717, 1.165) is 20.0 Å². The summed E-state index contributed by atoms with van der Waals surface area (Å²) in [6.45, 7) is 2.59. The third-order valence-electron chi connectivity index (χ3n) is 5.12. The van der Waals surface area contributed by atoms with Crippen molar-refractivity contribution in [2.75, 3.05) is 34.7 Å². The van der Waals surface area contributed by atoms with Gasteiger partial charge in [-0.3, -0.25) is 0 Å². The Bertz CT molecular complexity index is 939. The molecule has 0 spiro atoms. The molecule has 0 aliphatic carbocycles. The van der Waals surface area contributed by atoms with Crippen LogP contribution >= 0.6 is 0 Å². The molecule has 5 rings (SSSR count). The summed E-state index contributed by atoms with van der Waals surface area (Å²) >= 11 is 0. The number of anilines is 4. The van der Waals surface area contributed by atoms with Gasteiger partial charge in [-0.05, 0) is 36.4 Å². The first-order valence-corrected chi connectivity index (χ1v) is 9.29. The van der Waals surface area contributed by atoms with Crippen molar-refractivity contribution in [3.8, 4) is 0 Å². The molecule has 0 N–H and O–H groups in total. The molecule has 0 atom stereocenters. The molecule has 3 aromatic rings. The summed E-state index contributed by atoms with van der Waals surface area (Å²) < 4.78 is 0. The van der Waals surface area contributed by atoms with E-state index in [4.69, 9.17) is 0 Å². The average Bonchev–Trinajstić information content (AvgIpc) is 3.35. The topological polar surface area (TPSA) is 13.0 Å². The summed E-state index contributed by atoms with van der Waals surface area (Å²) in [5.41, 5.74) is 5.01. The minimum atomic E-state index is 0.860. The van der Waals surface area contributed by atoms with Crippen LogP contribution in [0.1, 0.15) is 0 Å². The van der Waals surface area contributed by atoms with E-state index in [1.54, 1.807) is 0 Å². The normalized spacial score (nSPS) is 15.6. The standard InChI is InChI=1S/C23H22N4/c1-3-9-20(10-4-1)25-16-15-24(17-25)18-26-19-27(21-11-5-2-6-12-21)23-14-8-7-13-22(23)26/h1-16H,17-19H2. The van der Waals surface area contributed by atoms with Crippen LogP contribution < -0.4 is 14.7 Å². The second-order valence-corrected chi connectivity index (χ2v) is 6.91. The van der Waals surface area contributed by atoms with E-state index in [9.17, 15) is 0 Å². The minimum absolute atomic E-state index is 0.860. The van der Waals surface area contributed by atoms with Gasteiger partial charge in [-0.25, -0.2) is 0 Å². The number of nitrogens with zero attached hydrogens (tertiary/aromatic N) is 4. The van der Waals surface area contributed by atoms with Crippen molar-refractivity contribution in [1.82, 2.24) is 4.90 Å². The van der Waals surface area contributed by atoms with E-state index in [0.29, 0.717) is 0 Å². The number of rotatable bonds is 4. The van der Waals surface area contributed by atoms with Gasteiger partial charge in [0.1, 0.15) is 0 Å². The maximum Gasteiger partial charge on any atom is 0.0970 e. The Balaban J connectivity index is 1.34. The highest BCUT2D eigenvalue weighted by atomic mass is 15.5. The van der Waals surface area contributed by atoms with E-state index < -0.39 is 0 Å². The fraction of sp³-hybridized carbons (Fsp3) is 0.130. The van der Waals surface area contributed by atoms with Crippen LogP contribution in [0, 0.1) is 0 Å². The van der Waals surface area contributed by atoms with Gasteiger partial charge in [-0.15, -0.1) is 0 Å². The van der Waals surface area contributed by atoms with Gasteiger partial charge < -0.3 is 19.6 Å². The van der Waals surface area contributed by atoms with Crippen molar-refractivity contribution in [3.63, 3.8) is 0 Å². The largest absolute Gasteiger partial charge is 0.341 e. The lowest BCUT2D eigenvalue weighted by molar-refractivity contribution is 0.404. The SMILES string of the molecule is C1=CN(c2ccccc2)CN1CN1CN(c2ccccc2)c2ccccc21. The first-order valence-electron chi connectivity index (χ1n) is 9.29. The van der Waals surface area contributed by atoms with E-state index in [-0.39, 0.29) is 0 Å².